The lowest BCUT2D eigenvalue weighted by molar-refractivity contribution is -0.149. The fraction of sp³-hybridized carbons (Fsp3) is 0.257. The van der Waals surface area contributed by atoms with Crippen LogP contribution in [-0.2, 0) is 20.8 Å². The molecule has 17 nitrogen and oxygen atoms in total. The molecule has 2 aliphatic rings. The fourth-order valence-corrected chi connectivity index (χ4v) is 6.85. The van der Waals surface area contributed by atoms with Crippen LogP contribution in [0.2, 0.25) is 5.02 Å². The maximum atomic E-state index is 14.1. The van der Waals surface area contributed by atoms with E-state index in [4.69, 9.17) is 11.6 Å². The Hall–Kier alpha value is -6.33. The highest BCUT2D eigenvalue weighted by atomic mass is 35.5. The summed E-state index contributed by atoms with van der Waals surface area (Å²) in [5.74, 6) is -3.51. The van der Waals surface area contributed by atoms with Gasteiger partial charge in [-0.1, -0.05) is 23.7 Å². The molecular weight excluding hydrogens is 708 g/mol. The average molecular weight is 741 g/mol. The second kappa shape index (κ2) is 14.7. The lowest BCUT2D eigenvalue weighted by Crippen LogP contribution is -2.60. The zero-order valence-corrected chi connectivity index (χ0v) is 28.7. The highest BCUT2D eigenvalue weighted by molar-refractivity contribution is 6.41. The summed E-state index contributed by atoms with van der Waals surface area (Å²) in [5.41, 5.74) is 2.76. The number of halogens is 1. The molecule has 0 aliphatic carbocycles. The number of rotatable bonds is 10. The van der Waals surface area contributed by atoms with E-state index in [-0.39, 0.29) is 43.9 Å². The number of likely N-dealkylation sites (tertiary alicyclic amines) is 1. The number of piperazine rings is 1. The van der Waals surface area contributed by atoms with Crippen LogP contribution in [0.1, 0.15) is 28.9 Å². The van der Waals surface area contributed by atoms with Crippen LogP contribution in [0.5, 0.6) is 0 Å². The summed E-state index contributed by atoms with van der Waals surface area (Å²) in [6.07, 6.45) is 2.89. The van der Waals surface area contributed by atoms with Crippen molar-refractivity contribution in [3.05, 3.63) is 89.3 Å². The van der Waals surface area contributed by atoms with Gasteiger partial charge in [0.2, 0.25) is 5.91 Å². The van der Waals surface area contributed by atoms with Crippen molar-refractivity contribution >= 4 is 69.3 Å². The van der Waals surface area contributed by atoms with Gasteiger partial charge in [0.1, 0.15) is 18.1 Å². The van der Waals surface area contributed by atoms with Gasteiger partial charge in [0, 0.05) is 53.4 Å². The van der Waals surface area contributed by atoms with Crippen LogP contribution in [0.15, 0.2) is 73.1 Å². The van der Waals surface area contributed by atoms with Gasteiger partial charge in [-0.05, 0) is 83.4 Å². The van der Waals surface area contributed by atoms with Crippen LogP contribution in [0.25, 0.3) is 16.6 Å². The summed E-state index contributed by atoms with van der Waals surface area (Å²) in [7, 11) is 0. The van der Waals surface area contributed by atoms with Gasteiger partial charge in [-0.3, -0.25) is 14.4 Å². The number of carbonyl (C=O) groups is 5. The van der Waals surface area contributed by atoms with Crippen molar-refractivity contribution in [2.24, 2.45) is 0 Å². The fourth-order valence-electron chi connectivity index (χ4n) is 6.69. The molecule has 3 aromatic carbocycles. The van der Waals surface area contributed by atoms with Gasteiger partial charge in [0.15, 0.2) is 0 Å². The molecule has 53 heavy (non-hydrogen) atoms. The molecule has 4 heterocycles. The minimum atomic E-state index is -1.15. The first-order chi connectivity index (χ1) is 25.6. The summed E-state index contributed by atoms with van der Waals surface area (Å²) in [6.45, 7) is 0.430. The van der Waals surface area contributed by atoms with Gasteiger partial charge in [0.05, 0.1) is 24.0 Å². The quantitative estimate of drug-likeness (QED) is 0.132. The Morgan fingerprint density at radius 3 is 2.45 bits per heavy atom. The molecule has 2 aromatic heterocycles. The number of aliphatic hydroxyl groups excluding tert-OH is 1. The van der Waals surface area contributed by atoms with Crippen molar-refractivity contribution in [3.63, 3.8) is 0 Å². The van der Waals surface area contributed by atoms with Gasteiger partial charge in [-0.2, -0.15) is 4.68 Å². The minimum Gasteiger partial charge on any atom is -0.477 e. The monoisotopic (exact) mass is 740 g/mol. The first-order valence-electron chi connectivity index (χ1n) is 16.7. The van der Waals surface area contributed by atoms with E-state index < -0.39 is 29.7 Å². The second-order valence-electron chi connectivity index (χ2n) is 12.6. The lowest BCUT2D eigenvalue weighted by Gasteiger charge is -2.38. The number of H-pyrrole nitrogens is 1. The standard InChI is InChI=1S/C35H33ClN10O7/c36-22-5-10-28(46-19-37-41-42-46)29(17-22)44-12-13-45(33(50)32(44)49)30(31(48)38-24-8-9-26-21(15-24)16-27(40-26)34(51)52)14-20-3-6-23(7-4-20)39-35(53)43-11-1-2-25(43)18-47/h3-10,15-17,19,25,30,40,47H,1-2,11-14,18H2,(H,38,48)(H,39,53)(H,51,52)/t25-,30-/m0/s1. The number of carboxylic acids is 1. The molecule has 272 valence electrons. The van der Waals surface area contributed by atoms with Crippen molar-refractivity contribution in [1.29, 1.82) is 0 Å². The number of carbonyl (C=O) groups excluding carboxylic acids is 4. The third-order valence-corrected chi connectivity index (χ3v) is 9.59. The van der Waals surface area contributed by atoms with Gasteiger partial charge in [0.25, 0.3) is 0 Å². The number of amides is 5. The number of tetrazole rings is 1. The van der Waals surface area contributed by atoms with E-state index in [0.717, 1.165) is 12.8 Å². The smallest absolute Gasteiger partial charge is 0.352 e. The number of nitrogens with zero attached hydrogens (tertiary/aromatic N) is 7. The van der Waals surface area contributed by atoms with Gasteiger partial charge < -0.3 is 40.5 Å². The first kappa shape index (κ1) is 35.1. The van der Waals surface area contributed by atoms with E-state index in [0.29, 0.717) is 50.8 Å². The number of aromatic amines is 1. The normalized spacial score (nSPS) is 16.6. The average Bonchev–Trinajstić information content (AvgIpc) is 3.94. The van der Waals surface area contributed by atoms with Gasteiger partial charge >= 0.3 is 23.8 Å². The number of urea groups is 1. The maximum absolute atomic E-state index is 14.1. The van der Waals surface area contributed by atoms with E-state index >= 15 is 0 Å². The summed E-state index contributed by atoms with van der Waals surface area (Å²) in [5, 5.41) is 36.8. The van der Waals surface area contributed by atoms with E-state index in [1.54, 1.807) is 59.5 Å². The molecule has 0 spiro atoms. The summed E-state index contributed by atoms with van der Waals surface area (Å²) in [4.78, 5) is 73.0. The number of aliphatic hydroxyl groups is 1. The van der Waals surface area contributed by atoms with Crippen LogP contribution in [-0.4, -0.2) is 113 Å². The number of aromatic carboxylic acids is 1. The number of carboxylic acid groups (broad SMARTS) is 1. The van der Waals surface area contributed by atoms with E-state index in [1.807, 2.05) is 0 Å². The minimum absolute atomic E-state index is 0.0143. The topological polar surface area (TPSA) is 219 Å². The number of hydrogen-bond donors (Lipinski definition) is 5. The van der Waals surface area contributed by atoms with Crippen molar-refractivity contribution in [3.8, 4) is 5.69 Å². The number of aromatic nitrogens is 5. The van der Waals surface area contributed by atoms with Crippen molar-refractivity contribution in [1.82, 2.24) is 35.0 Å². The number of fused-ring (bicyclic) bond motifs is 1. The Morgan fingerprint density at radius 1 is 0.925 bits per heavy atom. The maximum Gasteiger partial charge on any atom is 0.352 e. The van der Waals surface area contributed by atoms with Crippen LogP contribution in [0.3, 0.4) is 0 Å². The van der Waals surface area contributed by atoms with E-state index in [2.05, 4.69) is 31.1 Å². The third-order valence-electron chi connectivity index (χ3n) is 9.36. The molecule has 5 amide bonds. The predicted octanol–water partition coefficient (Wildman–Crippen LogP) is 2.91. The van der Waals surface area contributed by atoms with Crippen LogP contribution < -0.4 is 15.5 Å². The first-order valence-corrected chi connectivity index (χ1v) is 17.1. The van der Waals surface area contributed by atoms with E-state index in [9.17, 15) is 34.2 Å². The predicted molar refractivity (Wildman–Crippen MR) is 192 cm³/mol. The van der Waals surface area contributed by atoms with E-state index in [1.165, 1.54) is 32.9 Å². The van der Waals surface area contributed by atoms with Gasteiger partial charge in [-0.25, -0.2) is 9.59 Å². The lowest BCUT2D eigenvalue weighted by atomic mass is 10.0. The summed E-state index contributed by atoms with van der Waals surface area (Å²) >= 11 is 6.29. The van der Waals surface area contributed by atoms with Crippen molar-refractivity contribution < 1.29 is 34.2 Å². The Labute approximate surface area is 306 Å². The molecule has 0 bridgehead atoms. The SMILES string of the molecule is O=C(O)c1cc2cc(NC(=O)[C@H](Cc3ccc(NC(=O)N4CCC[C@H]4CO)cc3)N3CCN(c4cc(Cl)ccc4-n4cnnn4)C(=O)C3=O)ccc2[nH]1. The van der Waals surface area contributed by atoms with Gasteiger partial charge in [-0.15, -0.1) is 5.10 Å². The Balaban J connectivity index is 1.14. The highest BCUT2D eigenvalue weighted by Gasteiger charge is 2.41. The largest absolute Gasteiger partial charge is 0.477 e. The number of nitrogens with one attached hydrogen (secondary N) is 3. The molecule has 2 atom stereocenters. The molecule has 7 rings (SSSR count). The Kier molecular flexibility index (Phi) is 9.75. The molecule has 2 aliphatic heterocycles. The molecule has 0 radical (unpaired) electrons. The van der Waals surface area contributed by atoms with Crippen molar-refractivity contribution in [2.75, 3.05) is 41.8 Å². The summed E-state index contributed by atoms with van der Waals surface area (Å²) in [6, 6.07) is 16.1. The molecule has 18 heteroatoms. The third kappa shape index (κ3) is 7.24. The Bertz CT molecular complexity index is 2210. The molecule has 5 N–H and O–H groups in total. The highest BCUT2D eigenvalue weighted by Crippen LogP contribution is 2.30. The van der Waals surface area contributed by atoms with Crippen molar-refractivity contribution in [2.45, 2.75) is 31.3 Å². The molecule has 2 fully saturated rings. The molecular formula is C35H33ClN10O7. The molecule has 0 saturated carbocycles. The number of hydrogen-bond acceptors (Lipinski definition) is 9. The van der Waals surface area contributed by atoms with Crippen LogP contribution in [0.4, 0.5) is 21.9 Å². The Morgan fingerprint density at radius 2 is 1.72 bits per heavy atom. The summed E-state index contributed by atoms with van der Waals surface area (Å²) < 4.78 is 1.34. The van der Waals surface area contributed by atoms with Crippen LogP contribution in [0, 0.1) is 0 Å². The van der Waals surface area contributed by atoms with Crippen LogP contribution >= 0.6 is 11.6 Å². The number of anilines is 3. The second-order valence-corrected chi connectivity index (χ2v) is 13.1. The zero-order valence-electron chi connectivity index (χ0n) is 28.0. The molecule has 0 unspecified atom stereocenters. The zero-order chi connectivity index (χ0) is 37.2. The number of benzene rings is 3. The molecule has 5 aromatic rings. The molecule has 2 saturated heterocycles.